The van der Waals surface area contributed by atoms with Gasteiger partial charge in [0.2, 0.25) is 5.91 Å². The van der Waals surface area contributed by atoms with Gasteiger partial charge >= 0.3 is 0 Å². The Labute approximate surface area is 115 Å². The molecule has 5 heteroatoms. The number of methoxy groups -OCH3 is 2. The maximum Gasteiger partial charge on any atom is 0.224 e. The number of benzene rings is 1. The Morgan fingerprint density at radius 2 is 2.00 bits per heavy atom. The predicted molar refractivity (Wildman–Crippen MR) is 74.3 cm³/mol. The number of halogens is 1. The second-order valence-corrected chi connectivity index (χ2v) is 4.78. The van der Waals surface area contributed by atoms with Gasteiger partial charge in [-0.3, -0.25) is 4.79 Å². The molecule has 98 valence electrons. The molecule has 0 saturated carbocycles. The number of nitrogens with one attached hydrogen (secondary N) is 1. The van der Waals surface area contributed by atoms with E-state index in [9.17, 15) is 4.79 Å². The van der Waals surface area contributed by atoms with Crippen LogP contribution < -0.4 is 14.8 Å². The molecular weight excluding hydrogens is 298 g/mol. The predicted octanol–water partition coefficient (Wildman–Crippen LogP) is 2.27. The van der Waals surface area contributed by atoms with Crippen molar-refractivity contribution in [1.82, 2.24) is 5.32 Å². The van der Waals surface area contributed by atoms with E-state index in [1.807, 2.05) is 6.07 Å². The summed E-state index contributed by atoms with van der Waals surface area (Å²) in [5.74, 6) is 1.20. The van der Waals surface area contributed by atoms with Crippen LogP contribution in [0.25, 0.3) is 0 Å². The van der Waals surface area contributed by atoms with Gasteiger partial charge in [0, 0.05) is 11.0 Å². The van der Waals surface area contributed by atoms with E-state index in [2.05, 4.69) is 27.8 Å². The maximum atomic E-state index is 11.6. The van der Waals surface area contributed by atoms with Crippen LogP contribution in [0.2, 0.25) is 0 Å². The van der Waals surface area contributed by atoms with Gasteiger partial charge in [0.05, 0.1) is 20.6 Å². The van der Waals surface area contributed by atoms with Gasteiger partial charge in [0.1, 0.15) is 0 Å². The van der Waals surface area contributed by atoms with Gasteiger partial charge in [-0.05, 0) is 17.7 Å². The topological polar surface area (TPSA) is 47.6 Å². The highest BCUT2D eigenvalue weighted by atomic mass is 79.9. The van der Waals surface area contributed by atoms with Gasteiger partial charge in [-0.1, -0.05) is 28.6 Å². The molecule has 1 N–H and O–H groups in total. The third kappa shape index (κ3) is 4.41. The van der Waals surface area contributed by atoms with Crippen LogP contribution in [0.15, 0.2) is 29.3 Å². The largest absolute Gasteiger partial charge is 0.493 e. The zero-order valence-electron chi connectivity index (χ0n) is 10.5. The molecule has 0 bridgehead atoms. The molecule has 1 rings (SSSR count). The number of carbonyl (C=O) groups excluding carboxylic acids is 1. The summed E-state index contributed by atoms with van der Waals surface area (Å²) in [6.45, 7) is 4.07. The Morgan fingerprint density at radius 3 is 2.56 bits per heavy atom. The Bertz CT molecular complexity index is 446. The molecule has 0 atom stereocenters. The van der Waals surface area contributed by atoms with Gasteiger partial charge in [-0.15, -0.1) is 0 Å². The fourth-order valence-corrected chi connectivity index (χ4v) is 1.57. The second-order valence-electron chi connectivity index (χ2n) is 3.66. The van der Waals surface area contributed by atoms with Crippen molar-refractivity contribution in [3.05, 3.63) is 34.8 Å². The van der Waals surface area contributed by atoms with Crippen molar-refractivity contribution in [3.63, 3.8) is 0 Å². The fraction of sp³-hybridized carbons (Fsp3) is 0.308. The normalized spacial score (nSPS) is 9.72. The van der Waals surface area contributed by atoms with Crippen molar-refractivity contribution in [2.24, 2.45) is 0 Å². The molecular formula is C13H16BrNO3. The highest BCUT2D eigenvalue weighted by molar-refractivity contribution is 9.11. The molecule has 4 nitrogen and oxygen atoms in total. The first kappa shape index (κ1) is 14.6. The lowest BCUT2D eigenvalue weighted by Crippen LogP contribution is -2.26. The Balaban J connectivity index is 2.67. The maximum absolute atomic E-state index is 11.6. The van der Waals surface area contributed by atoms with Crippen molar-refractivity contribution in [2.45, 2.75) is 6.42 Å². The van der Waals surface area contributed by atoms with Crippen LogP contribution in [-0.4, -0.2) is 26.7 Å². The first-order chi connectivity index (χ1) is 8.56. The molecule has 0 radical (unpaired) electrons. The summed E-state index contributed by atoms with van der Waals surface area (Å²) >= 11 is 3.18. The van der Waals surface area contributed by atoms with Crippen LogP contribution in [0, 0.1) is 0 Å². The summed E-state index contributed by atoms with van der Waals surface area (Å²) in [6.07, 6.45) is 0.292. The molecule has 0 aliphatic rings. The summed E-state index contributed by atoms with van der Waals surface area (Å²) in [5.41, 5.74) is 0.866. The zero-order chi connectivity index (χ0) is 13.5. The van der Waals surface area contributed by atoms with Crippen molar-refractivity contribution >= 4 is 21.8 Å². The summed E-state index contributed by atoms with van der Waals surface area (Å²) < 4.78 is 11.0. The van der Waals surface area contributed by atoms with Crippen LogP contribution in [0.3, 0.4) is 0 Å². The molecule has 0 aliphatic heterocycles. The van der Waals surface area contributed by atoms with Gasteiger partial charge < -0.3 is 14.8 Å². The van der Waals surface area contributed by atoms with Crippen LogP contribution in [0.5, 0.6) is 11.5 Å². The van der Waals surface area contributed by atoms with Crippen molar-refractivity contribution < 1.29 is 14.3 Å². The molecule has 0 fully saturated rings. The minimum absolute atomic E-state index is 0.0668. The highest BCUT2D eigenvalue weighted by Crippen LogP contribution is 2.27. The molecule has 0 aliphatic carbocycles. The second kappa shape index (κ2) is 7.06. The first-order valence-corrected chi connectivity index (χ1v) is 6.17. The molecule has 1 aromatic rings. The standard InChI is InChI=1S/C13H16BrNO3/c1-9(14)8-15-13(16)7-10-4-5-11(17-2)12(6-10)18-3/h4-6H,1,7-8H2,2-3H3,(H,15,16). The van der Waals surface area contributed by atoms with Crippen molar-refractivity contribution in [2.75, 3.05) is 20.8 Å². The van der Waals surface area contributed by atoms with E-state index < -0.39 is 0 Å². The third-order valence-electron chi connectivity index (χ3n) is 2.29. The average Bonchev–Trinajstić information content (AvgIpc) is 2.36. The van der Waals surface area contributed by atoms with Gasteiger partial charge in [-0.25, -0.2) is 0 Å². The number of ether oxygens (including phenoxy) is 2. The summed E-state index contributed by atoms with van der Waals surface area (Å²) in [7, 11) is 3.14. The number of hydrogen-bond donors (Lipinski definition) is 1. The minimum Gasteiger partial charge on any atom is -0.493 e. The van der Waals surface area contributed by atoms with Gasteiger partial charge in [-0.2, -0.15) is 0 Å². The summed E-state index contributed by atoms with van der Waals surface area (Å²) in [6, 6.07) is 5.41. The highest BCUT2D eigenvalue weighted by Gasteiger charge is 2.08. The third-order valence-corrected chi connectivity index (χ3v) is 2.57. The van der Waals surface area contributed by atoms with Gasteiger partial charge in [0.25, 0.3) is 0 Å². The minimum atomic E-state index is -0.0668. The molecule has 0 heterocycles. The van der Waals surface area contributed by atoms with E-state index in [1.54, 1.807) is 26.4 Å². The zero-order valence-corrected chi connectivity index (χ0v) is 12.0. The first-order valence-electron chi connectivity index (χ1n) is 5.37. The van der Waals surface area contributed by atoms with Crippen LogP contribution in [-0.2, 0) is 11.2 Å². The van der Waals surface area contributed by atoms with E-state index >= 15 is 0 Å². The van der Waals surface area contributed by atoms with E-state index in [1.165, 1.54) is 0 Å². The van der Waals surface area contributed by atoms with E-state index in [4.69, 9.17) is 9.47 Å². The Kier molecular flexibility index (Phi) is 5.71. The van der Waals surface area contributed by atoms with E-state index in [0.717, 1.165) is 10.0 Å². The Hall–Kier alpha value is -1.49. The van der Waals surface area contributed by atoms with Crippen molar-refractivity contribution in [1.29, 1.82) is 0 Å². The summed E-state index contributed by atoms with van der Waals surface area (Å²) in [4.78, 5) is 11.6. The van der Waals surface area contributed by atoms with Crippen LogP contribution in [0.1, 0.15) is 5.56 Å². The molecule has 0 saturated heterocycles. The van der Waals surface area contributed by atoms with Crippen LogP contribution >= 0.6 is 15.9 Å². The number of hydrogen-bond acceptors (Lipinski definition) is 3. The lowest BCUT2D eigenvalue weighted by atomic mass is 10.1. The molecule has 1 amide bonds. The summed E-state index contributed by atoms with van der Waals surface area (Å²) in [5, 5.41) is 2.74. The molecule has 0 unspecified atom stereocenters. The molecule has 0 aromatic heterocycles. The number of rotatable bonds is 6. The van der Waals surface area contributed by atoms with Gasteiger partial charge in [0.15, 0.2) is 11.5 Å². The molecule has 0 spiro atoms. The lowest BCUT2D eigenvalue weighted by Gasteiger charge is -2.09. The smallest absolute Gasteiger partial charge is 0.224 e. The SMILES string of the molecule is C=C(Br)CNC(=O)Cc1ccc(OC)c(OC)c1. The lowest BCUT2D eigenvalue weighted by molar-refractivity contribution is -0.120. The fourth-order valence-electron chi connectivity index (χ4n) is 1.43. The van der Waals surface area contributed by atoms with E-state index in [0.29, 0.717) is 24.5 Å². The van der Waals surface area contributed by atoms with Crippen LogP contribution in [0.4, 0.5) is 0 Å². The monoisotopic (exact) mass is 313 g/mol. The quantitative estimate of drug-likeness (QED) is 0.876. The molecule has 18 heavy (non-hydrogen) atoms. The van der Waals surface area contributed by atoms with E-state index in [-0.39, 0.29) is 5.91 Å². The Morgan fingerprint density at radius 1 is 1.33 bits per heavy atom. The number of amides is 1. The number of carbonyl (C=O) groups is 1. The average molecular weight is 314 g/mol. The van der Waals surface area contributed by atoms with Crippen molar-refractivity contribution in [3.8, 4) is 11.5 Å². The molecule has 1 aromatic carbocycles.